The minimum Gasteiger partial charge on any atom is -0.250 e. The molecule has 0 aliphatic rings. The van der Waals surface area contributed by atoms with E-state index in [0.717, 1.165) is 11.0 Å². The highest BCUT2D eigenvalue weighted by Crippen LogP contribution is 2.22. The normalized spacial score (nSPS) is 11.0. The second kappa shape index (κ2) is 3.16. The molecule has 0 unspecified atom stereocenters. The first-order valence-electron chi connectivity index (χ1n) is 3.61. The molecule has 2 aromatic heterocycles. The summed E-state index contributed by atoms with van der Waals surface area (Å²) in [6.07, 6.45) is 3.58. The summed E-state index contributed by atoms with van der Waals surface area (Å²) < 4.78 is 1.68. The Hall–Kier alpha value is -0.810. The molecule has 6 heteroatoms. The third-order valence-corrected chi connectivity index (χ3v) is 2.54. The SMILES string of the molecule is CSc1nc(Cl)c2cnn(C)c2n1. The monoisotopic (exact) mass is 214 g/mol. The molecule has 2 rings (SSSR count). The van der Waals surface area contributed by atoms with E-state index in [9.17, 15) is 0 Å². The van der Waals surface area contributed by atoms with Gasteiger partial charge in [0.2, 0.25) is 0 Å². The number of nitrogens with zero attached hydrogens (tertiary/aromatic N) is 4. The van der Waals surface area contributed by atoms with E-state index in [-0.39, 0.29) is 0 Å². The molecule has 0 fully saturated rings. The number of thioether (sulfide) groups is 1. The summed E-state index contributed by atoms with van der Waals surface area (Å²) in [6.45, 7) is 0. The average Bonchev–Trinajstić information content (AvgIpc) is 2.48. The van der Waals surface area contributed by atoms with E-state index in [4.69, 9.17) is 11.6 Å². The molecule has 68 valence electrons. The molecule has 0 aliphatic carbocycles. The van der Waals surface area contributed by atoms with Crippen molar-refractivity contribution in [2.45, 2.75) is 5.16 Å². The zero-order chi connectivity index (χ0) is 9.42. The number of aromatic nitrogens is 4. The largest absolute Gasteiger partial charge is 0.250 e. The van der Waals surface area contributed by atoms with E-state index in [2.05, 4.69) is 15.1 Å². The van der Waals surface area contributed by atoms with Gasteiger partial charge in [0, 0.05) is 7.05 Å². The van der Waals surface area contributed by atoms with Crippen LogP contribution in [0, 0.1) is 0 Å². The number of halogens is 1. The van der Waals surface area contributed by atoms with Gasteiger partial charge in [0.25, 0.3) is 0 Å². The van der Waals surface area contributed by atoms with Crippen LogP contribution in [0.3, 0.4) is 0 Å². The van der Waals surface area contributed by atoms with Crippen LogP contribution < -0.4 is 0 Å². The smallest absolute Gasteiger partial charge is 0.190 e. The quantitative estimate of drug-likeness (QED) is 0.412. The van der Waals surface area contributed by atoms with E-state index in [1.807, 2.05) is 13.3 Å². The second-order valence-corrected chi connectivity index (χ2v) is 3.64. The Morgan fingerprint density at radius 1 is 1.46 bits per heavy atom. The maximum atomic E-state index is 5.94. The minimum atomic E-state index is 0.461. The van der Waals surface area contributed by atoms with Gasteiger partial charge < -0.3 is 0 Å². The van der Waals surface area contributed by atoms with Gasteiger partial charge in [-0.15, -0.1) is 0 Å². The van der Waals surface area contributed by atoms with E-state index in [1.54, 1.807) is 10.9 Å². The molecule has 0 saturated carbocycles. The molecule has 0 amide bonds. The van der Waals surface area contributed by atoms with Crippen LogP contribution in [0.15, 0.2) is 11.4 Å². The zero-order valence-electron chi connectivity index (χ0n) is 7.15. The third kappa shape index (κ3) is 1.38. The van der Waals surface area contributed by atoms with Crippen molar-refractivity contribution in [3.8, 4) is 0 Å². The molecule has 13 heavy (non-hydrogen) atoms. The third-order valence-electron chi connectivity index (χ3n) is 1.71. The van der Waals surface area contributed by atoms with Crippen LogP contribution in [0.2, 0.25) is 5.15 Å². The fourth-order valence-corrected chi connectivity index (χ4v) is 1.68. The van der Waals surface area contributed by atoms with Crippen molar-refractivity contribution >= 4 is 34.4 Å². The van der Waals surface area contributed by atoms with E-state index in [0.29, 0.717) is 10.3 Å². The molecular weight excluding hydrogens is 208 g/mol. The van der Waals surface area contributed by atoms with Crippen LogP contribution >= 0.6 is 23.4 Å². The summed E-state index contributed by atoms with van der Waals surface area (Å²) in [5.74, 6) is 0. The molecule has 0 radical (unpaired) electrons. The maximum absolute atomic E-state index is 5.94. The van der Waals surface area contributed by atoms with Crippen molar-refractivity contribution in [3.05, 3.63) is 11.3 Å². The highest BCUT2D eigenvalue weighted by atomic mass is 35.5. The Balaban J connectivity index is 2.80. The number of aryl methyl sites for hydroxylation is 1. The van der Waals surface area contributed by atoms with Crippen molar-refractivity contribution < 1.29 is 0 Å². The average molecular weight is 215 g/mol. The topological polar surface area (TPSA) is 43.6 Å². The second-order valence-electron chi connectivity index (χ2n) is 2.51. The summed E-state index contributed by atoms with van der Waals surface area (Å²) in [4.78, 5) is 8.38. The van der Waals surface area contributed by atoms with Gasteiger partial charge in [0.15, 0.2) is 10.8 Å². The molecule has 0 spiro atoms. The Bertz CT molecular complexity index is 453. The number of fused-ring (bicyclic) bond motifs is 1. The molecule has 0 saturated heterocycles. The van der Waals surface area contributed by atoms with Crippen molar-refractivity contribution in [2.24, 2.45) is 7.05 Å². The lowest BCUT2D eigenvalue weighted by Crippen LogP contribution is -1.94. The lowest BCUT2D eigenvalue weighted by atomic mass is 10.4. The van der Waals surface area contributed by atoms with Crippen molar-refractivity contribution in [1.29, 1.82) is 0 Å². The Morgan fingerprint density at radius 2 is 2.23 bits per heavy atom. The molecule has 0 bridgehead atoms. The van der Waals surface area contributed by atoms with Crippen molar-refractivity contribution in [1.82, 2.24) is 19.7 Å². The van der Waals surface area contributed by atoms with Gasteiger partial charge in [0.05, 0.1) is 11.6 Å². The molecule has 0 aliphatic heterocycles. The number of hydrogen-bond acceptors (Lipinski definition) is 4. The van der Waals surface area contributed by atoms with Crippen LogP contribution in [0.1, 0.15) is 0 Å². The molecular formula is C7H7ClN4S. The van der Waals surface area contributed by atoms with Crippen LogP contribution in [-0.2, 0) is 7.05 Å². The standard InChI is InChI=1S/C7H7ClN4S/c1-12-6-4(3-9-12)5(8)10-7(11-6)13-2/h3H,1-2H3. The first kappa shape index (κ1) is 8.77. The summed E-state index contributed by atoms with van der Waals surface area (Å²) >= 11 is 7.40. The predicted octanol–water partition coefficient (Wildman–Crippen LogP) is 1.74. The highest BCUT2D eigenvalue weighted by Gasteiger charge is 2.08. The summed E-state index contributed by atoms with van der Waals surface area (Å²) in [7, 11) is 1.83. The first-order chi connectivity index (χ1) is 6.22. The molecule has 2 aromatic rings. The molecule has 0 N–H and O–H groups in total. The van der Waals surface area contributed by atoms with Gasteiger partial charge in [-0.3, -0.25) is 4.68 Å². The molecule has 0 atom stereocenters. The Labute approximate surface area is 84.3 Å². The van der Waals surface area contributed by atoms with Gasteiger partial charge in [-0.05, 0) is 6.26 Å². The molecule has 2 heterocycles. The molecule has 0 aromatic carbocycles. The van der Waals surface area contributed by atoms with Gasteiger partial charge in [-0.1, -0.05) is 23.4 Å². The number of rotatable bonds is 1. The summed E-state index contributed by atoms with van der Waals surface area (Å²) in [5, 5.41) is 5.97. The van der Waals surface area contributed by atoms with Gasteiger partial charge >= 0.3 is 0 Å². The van der Waals surface area contributed by atoms with Crippen LogP contribution in [0.4, 0.5) is 0 Å². The predicted molar refractivity (Wildman–Crippen MR) is 53.1 cm³/mol. The van der Waals surface area contributed by atoms with E-state index in [1.165, 1.54) is 11.8 Å². The van der Waals surface area contributed by atoms with E-state index >= 15 is 0 Å². The Morgan fingerprint density at radius 3 is 2.92 bits per heavy atom. The molecule has 4 nitrogen and oxygen atoms in total. The number of hydrogen-bond donors (Lipinski definition) is 0. The van der Waals surface area contributed by atoms with Crippen LogP contribution in [-0.4, -0.2) is 26.0 Å². The minimum absolute atomic E-state index is 0.461. The highest BCUT2D eigenvalue weighted by molar-refractivity contribution is 7.98. The Kier molecular flexibility index (Phi) is 2.13. The lowest BCUT2D eigenvalue weighted by molar-refractivity contribution is 0.777. The summed E-state index contributed by atoms with van der Waals surface area (Å²) in [5.41, 5.74) is 0.768. The fraction of sp³-hybridized carbons (Fsp3) is 0.286. The van der Waals surface area contributed by atoms with Crippen LogP contribution in [0.5, 0.6) is 0 Å². The van der Waals surface area contributed by atoms with Gasteiger partial charge in [-0.25, -0.2) is 9.97 Å². The zero-order valence-corrected chi connectivity index (χ0v) is 8.72. The van der Waals surface area contributed by atoms with Crippen molar-refractivity contribution in [2.75, 3.05) is 6.26 Å². The first-order valence-corrected chi connectivity index (χ1v) is 5.22. The van der Waals surface area contributed by atoms with Gasteiger partial charge in [0.1, 0.15) is 5.15 Å². The van der Waals surface area contributed by atoms with E-state index < -0.39 is 0 Å². The van der Waals surface area contributed by atoms with Crippen LogP contribution in [0.25, 0.3) is 11.0 Å². The van der Waals surface area contributed by atoms with Crippen molar-refractivity contribution in [3.63, 3.8) is 0 Å². The summed E-state index contributed by atoms with van der Waals surface area (Å²) in [6, 6.07) is 0. The maximum Gasteiger partial charge on any atom is 0.190 e. The lowest BCUT2D eigenvalue weighted by Gasteiger charge is -1.98. The van der Waals surface area contributed by atoms with Gasteiger partial charge in [-0.2, -0.15) is 5.10 Å². The fourth-order valence-electron chi connectivity index (χ4n) is 1.06.